The number of likely N-dealkylation sites (N-methyl/N-ethyl adjacent to an activating group) is 1. The van der Waals surface area contributed by atoms with E-state index in [9.17, 15) is 9.59 Å². The molecular formula is C11H23N3O3. The summed E-state index contributed by atoms with van der Waals surface area (Å²) in [6, 6.07) is -0.162. The monoisotopic (exact) mass is 245 g/mol. The van der Waals surface area contributed by atoms with Crippen molar-refractivity contribution in [3.63, 3.8) is 0 Å². The number of unbranched alkanes of at least 4 members (excludes halogenated alkanes) is 2. The molecule has 6 heteroatoms. The van der Waals surface area contributed by atoms with Gasteiger partial charge in [0.15, 0.2) is 0 Å². The minimum atomic E-state index is -0.764. The number of amides is 2. The van der Waals surface area contributed by atoms with Crippen molar-refractivity contribution >= 4 is 12.0 Å². The van der Waals surface area contributed by atoms with Crippen molar-refractivity contribution < 1.29 is 14.7 Å². The molecule has 0 unspecified atom stereocenters. The van der Waals surface area contributed by atoms with E-state index < -0.39 is 5.97 Å². The lowest BCUT2D eigenvalue weighted by Gasteiger charge is -2.11. The van der Waals surface area contributed by atoms with Gasteiger partial charge in [-0.1, -0.05) is 6.42 Å². The number of carboxylic acids is 1. The van der Waals surface area contributed by atoms with E-state index in [-0.39, 0.29) is 12.5 Å². The molecule has 0 aromatic heterocycles. The summed E-state index contributed by atoms with van der Waals surface area (Å²) in [5.41, 5.74) is 0. The van der Waals surface area contributed by atoms with Crippen LogP contribution in [0.5, 0.6) is 0 Å². The standard InChI is InChI=1S/C11H23N3O3/c1-14(2)9-8-13-11(17)12-7-5-3-4-6-10(15)16/h3-9H2,1-2H3,(H,15,16)(H2,12,13,17). The molecule has 0 heterocycles. The van der Waals surface area contributed by atoms with Gasteiger partial charge in [0, 0.05) is 26.1 Å². The van der Waals surface area contributed by atoms with Crippen molar-refractivity contribution in [3.05, 3.63) is 0 Å². The van der Waals surface area contributed by atoms with E-state index in [0.717, 1.165) is 19.4 Å². The van der Waals surface area contributed by atoms with Crippen molar-refractivity contribution in [2.75, 3.05) is 33.7 Å². The highest BCUT2D eigenvalue weighted by Gasteiger charge is 2.00. The molecule has 0 rings (SSSR count). The van der Waals surface area contributed by atoms with Gasteiger partial charge in [0.05, 0.1) is 0 Å². The average molecular weight is 245 g/mol. The summed E-state index contributed by atoms with van der Waals surface area (Å²) in [5.74, 6) is -0.764. The average Bonchev–Trinajstić information content (AvgIpc) is 2.22. The number of aliphatic carboxylic acids is 1. The molecule has 2 amide bonds. The van der Waals surface area contributed by atoms with Gasteiger partial charge in [-0.05, 0) is 26.9 Å². The van der Waals surface area contributed by atoms with Crippen LogP contribution < -0.4 is 10.6 Å². The minimum absolute atomic E-state index is 0.162. The molecule has 6 nitrogen and oxygen atoms in total. The molecule has 100 valence electrons. The van der Waals surface area contributed by atoms with E-state index in [1.807, 2.05) is 19.0 Å². The van der Waals surface area contributed by atoms with E-state index in [1.165, 1.54) is 0 Å². The summed E-state index contributed by atoms with van der Waals surface area (Å²) in [5, 5.41) is 13.9. The Morgan fingerprint density at radius 2 is 1.71 bits per heavy atom. The van der Waals surface area contributed by atoms with Gasteiger partial charge in [0.25, 0.3) is 0 Å². The Labute approximate surface area is 102 Å². The SMILES string of the molecule is CN(C)CCNC(=O)NCCCCCC(=O)O. The number of nitrogens with zero attached hydrogens (tertiary/aromatic N) is 1. The van der Waals surface area contributed by atoms with Crippen LogP contribution in [0.15, 0.2) is 0 Å². The molecule has 17 heavy (non-hydrogen) atoms. The van der Waals surface area contributed by atoms with Crippen LogP contribution >= 0.6 is 0 Å². The number of nitrogens with one attached hydrogen (secondary N) is 2. The van der Waals surface area contributed by atoms with Gasteiger partial charge in [0.2, 0.25) is 0 Å². The van der Waals surface area contributed by atoms with Crippen LogP contribution in [0.2, 0.25) is 0 Å². The highest BCUT2D eigenvalue weighted by molar-refractivity contribution is 5.73. The predicted octanol–water partition coefficient (Wildman–Crippen LogP) is 0.492. The second-order valence-corrected chi connectivity index (χ2v) is 4.19. The lowest BCUT2D eigenvalue weighted by molar-refractivity contribution is -0.137. The Kier molecular flexibility index (Phi) is 9.14. The zero-order valence-electron chi connectivity index (χ0n) is 10.7. The summed E-state index contributed by atoms with van der Waals surface area (Å²) >= 11 is 0. The summed E-state index contributed by atoms with van der Waals surface area (Å²) in [6.45, 7) is 2.03. The van der Waals surface area contributed by atoms with Crippen LogP contribution in [-0.4, -0.2) is 55.7 Å². The summed E-state index contributed by atoms with van der Waals surface area (Å²) in [6.07, 6.45) is 2.51. The van der Waals surface area contributed by atoms with Crippen molar-refractivity contribution in [1.29, 1.82) is 0 Å². The van der Waals surface area contributed by atoms with E-state index in [1.54, 1.807) is 0 Å². The van der Waals surface area contributed by atoms with Gasteiger partial charge in [-0.25, -0.2) is 4.79 Å². The maximum Gasteiger partial charge on any atom is 0.314 e. The topological polar surface area (TPSA) is 81.7 Å². The maximum absolute atomic E-state index is 11.2. The second-order valence-electron chi connectivity index (χ2n) is 4.19. The molecule has 0 bridgehead atoms. The van der Waals surface area contributed by atoms with Crippen molar-refractivity contribution in [3.8, 4) is 0 Å². The number of carbonyl (C=O) groups is 2. The number of hydrogen-bond donors (Lipinski definition) is 3. The normalized spacial score (nSPS) is 10.3. The first-order valence-corrected chi connectivity index (χ1v) is 5.90. The third kappa shape index (κ3) is 12.6. The minimum Gasteiger partial charge on any atom is -0.481 e. The molecule has 0 fully saturated rings. The Morgan fingerprint density at radius 1 is 1.06 bits per heavy atom. The van der Waals surface area contributed by atoms with Crippen molar-refractivity contribution in [1.82, 2.24) is 15.5 Å². The fourth-order valence-corrected chi connectivity index (χ4v) is 1.24. The van der Waals surface area contributed by atoms with E-state index in [0.29, 0.717) is 19.5 Å². The molecule has 0 radical (unpaired) electrons. The van der Waals surface area contributed by atoms with Crippen molar-refractivity contribution in [2.24, 2.45) is 0 Å². The first kappa shape index (κ1) is 15.7. The van der Waals surface area contributed by atoms with Crippen LogP contribution in [0, 0.1) is 0 Å². The van der Waals surface area contributed by atoms with E-state index in [4.69, 9.17) is 5.11 Å². The molecule has 0 saturated carbocycles. The zero-order chi connectivity index (χ0) is 13.1. The Hall–Kier alpha value is -1.30. The zero-order valence-corrected chi connectivity index (χ0v) is 10.7. The number of urea groups is 1. The Bertz CT molecular complexity index is 232. The van der Waals surface area contributed by atoms with Crippen LogP contribution in [0.25, 0.3) is 0 Å². The highest BCUT2D eigenvalue weighted by atomic mass is 16.4. The molecule has 0 aromatic rings. The van der Waals surface area contributed by atoms with Crippen LogP contribution in [0.1, 0.15) is 25.7 Å². The summed E-state index contributed by atoms with van der Waals surface area (Å²) < 4.78 is 0. The lowest BCUT2D eigenvalue weighted by Crippen LogP contribution is -2.39. The van der Waals surface area contributed by atoms with E-state index >= 15 is 0 Å². The molecule has 0 aliphatic rings. The molecule has 0 atom stereocenters. The van der Waals surface area contributed by atoms with Gasteiger partial charge in [0.1, 0.15) is 0 Å². The first-order chi connectivity index (χ1) is 8.02. The predicted molar refractivity (Wildman–Crippen MR) is 66.1 cm³/mol. The van der Waals surface area contributed by atoms with Crippen LogP contribution in [-0.2, 0) is 4.79 Å². The molecule has 0 saturated heterocycles. The van der Waals surface area contributed by atoms with Gasteiger partial charge >= 0.3 is 12.0 Å². The van der Waals surface area contributed by atoms with Crippen LogP contribution in [0.3, 0.4) is 0 Å². The molecule has 3 N–H and O–H groups in total. The smallest absolute Gasteiger partial charge is 0.314 e. The quantitative estimate of drug-likeness (QED) is 0.516. The molecule has 0 spiro atoms. The summed E-state index contributed by atoms with van der Waals surface area (Å²) in [7, 11) is 3.89. The molecule has 0 aliphatic heterocycles. The third-order valence-electron chi connectivity index (χ3n) is 2.20. The lowest BCUT2D eigenvalue weighted by atomic mass is 10.2. The Balaban J connectivity index is 3.24. The highest BCUT2D eigenvalue weighted by Crippen LogP contribution is 1.98. The first-order valence-electron chi connectivity index (χ1n) is 5.90. The Morgan fingerprint density at radius 3 is 2.29 bits per heavy atom. The summed E-state index contributed by atoms with van der Waals surface area (Å²) in [4.78, 5) is 23.5. The van der Waals surface area contributed by atoms with Gasteiger partial charge in [-0.3, -0.25) is 4.79 Å². The van der Waals surface area contributed by atoms with Gasteiger partial charge < -0.3 is 20.6 Å². The number of carboxylic acid groups (broad SMARTS) is 1. The fraction of sp³-hybridized carbons (Fsp3) is 0.818. The molecule has 0 aromatic carbocycles. The number of carbonyl (C=O) groups excluding carboxylic acids is 1. The second kappa shape index (κ2) is 9.89. The van der Waals surface area contributed by atoms with E-state index in [2.05, 4.69) is 10.6 Å². The molecular weight excluding hydrogens is 222 g/mol. The van der Waals surface area contributed by atoms with Gasteiger partial charge in [-0.15, -0.1) is 0 Å². The van der Waals surface area contributed by atoms with Crippen LogP contribution in [0.4, 0.5) is 4.79 Å². The molecule has 0 aliphatic carbocycles. The third-order valence-corrected chi connectivity index (χ3v) is 2.20. The largest absolute Gasteiger partial charge is 0.481 e. The number of hydrogen-bond acceptors (Lipinski definition) is 3. The number of rotatable bonds is 9. The van der Waals surface area contributed by atoms with Crippen molar-refractivity contribution in [2.45, 2.75) is 25.7 Å². The fourth-order valence-electron chi connectivity index (χ4n) is 1.24. The van der Waals surface area contributed by atoms with Gasteiger partial charge in [-0.2, -0.15) is 0 Å². The maximum atomic E-state index is 11.2.